The van der Waals surface area contributed by atoms with Crippen molar-refractivity contribution in [2.24, 2.45) is 0 Å². The highest BCUT2D eigenvalue weighted by molar-refractivity contribution is 5.76. The zero-order valence-corrected chi connectivity index (χ0v) is 29.4. The van der Waals surface area contributed by atoms with Crippen molar-refractivity contribution in [3.05, 3.63) is 36.5 Å². The van der Waals surface area contributed by atoms with E-state index in [1.165, 1.54) is 128 Å². The topological polar surface area (TPSA) is 69.6 Å². The van der Waals surface area contributed by atoms with E-state index in [4.69, 9.17) is 0 Å². The van der Waals surface area contributed by atoms with Gasteiger partial charge in [0.05, 0.1) is 18.8 Å². The molecular weight excluding hydrogens is 542 g/mol. The summed E-state index contributed by atoms with van der Waals surface area (Å²) in [5.41, 5.74) is 0. The van der Waals surface area contributed by atoms with E-state index in [0.29, 0.717) is 6.42 Å². The van der Waals surface area contributed by atoms with Gasteiger partial charge in [0.15, 0.2) is 0 Å². The Kier molecular flexibility index (Phi) is 34.9. The van der Waals surface area contributed by atoms with Crippen molar-refractivity contribution in [1.82, 2.24) is 5.32 Å². The predicted molar refractivity (Wildman–Crippen MR) is 193 cm³/mol. The maximum absolute atomic E-state index is 12.3. The van der Waals surface area contributed by atoms with Crippen LogP contribution in [0.2, 0.25) is 0 Å². The van der Waals surface area contributed by atoms with E-state index in [0.717, 1.165) is 44.9 Å². The van der Waals surface area contributed by atoms with Crippen LogP contribution in [-0.4, -0.2) is 34.9 Å². The fraction of sp³-hybridized carbons (Fsp3) is 0.825. The van der Waals surface area contributed by atoms with Gasteiger partial charge in [0.2, 0.25) is 5.91 Å². The summed E-state index contributed by atoms with van der Waals surface area (Å²) in [4.78, 5) is 12.3. The van der Waals surface area contributed by atoms with E-state index >= 15 is 0 Å². The highest BCUT2D eigenvalue weighted by Crippen LogP contribution is 2.13. The second-order valence-corrected chi connectivity index (χ2v) is 13.0. The number of amides is 1. The van der Waals surface area contributed by atoms with Crippen molar-refractivity contribution in [3.63, 3.8) is 0 Å². The van der Waals surface area contributed by atoms with Crippen LogP contribution in [0.4, 0.5) is 0 Å². The lowest BCUT2D eigenvalue weighted by Gasteiger charge is -2.19. The van der Waals surface area contributed by atoms with Gasteiger partial charge in [-0.1, -0.05) is 166 Å². The molecule has 0 aromatic carbocycles. The first-order chi connectivity index (χ1) is 21.7. The number of rotatable bonds is 34. The SMILES string of the molecule is CCCCCCCC/C=C\CCCCCC(=O)NC(CO)C(O)/C=C/CC/C=C/CCCCCCCCCCCCCCC. The van der Waals surface area contributed by atoms with Crippen LogP contribution in [0.3, 0.4) is 0 Å². The number of aliphatic hydroxyl groups excluding tert-OH is 2. The number of carbonyl (C=O) groups is 1. The molecule has 0 fully saturated rings. The molecule has 0 bridgehead atoms. The lowest BCUT2D eigenvalue weighted by atomic mass is 10.0. The molecule has 0 rings (SSSR count). The van der Waals surface area contributed by atoms with Gasteiger partial charge in [-0.2, -0.15) is 0 Å². The zero-order valence-electron chi connectivity index (χ0n) is 29.4. The van der Waals surface area contributed by atoms with Gasteiger partial charge in [0, 0.05) is 6.42 Å². The summed E-state index contributed by atoms with van der Waals surface area (Å²) in [6.07, 6.45) is 46.6. The van der Waals surface area contributed by atoms with Crippen molar-refractivity contribution < 1.29 is 15.0 Å². The average Bonchev–Trinajstić information content (AvgIpc) is 3.03. The maximum Gasteiger partial charge on any atom is 0.220 e. The zero-order chi connectivity index (χ0) is 32.2. The highest BCUT2D eigenvalue weighted by Gasteiger charge is 2.17. The second-order valence-electron chi connectivity index (χ2n) is 13.0. The molecule has 1 amide bonds. The third kappa shape index (κ3) is 32.0. The molecule has 3 N–H and O–H groups in total. The van der Waals surface area contributed by atoms with Gasteiger partial charge in [-0.25, -0.2) is 0 Å². The monoisotopic (exact) mass is 618 g/mol. The predicted octanol–water partition coefficient (Wildman–Crippen LogP) is 11.5. The average molecular weight is 618 g/mol. The van der Waals surface area contributed by atoms with E-state index in [1.807, 2.05) is 6.08 Å². The minimum Gasteiger partial charge on any atom is -0.394 e. The summed E-state index contributed by atoms with van der Waals surface area (Å²) in [7, 11) is 0. The van der Waals surface area contributed by atoms with Crippen molar-refractivity contribution in [1.29, 1.82) is 0 Å². The van der Waals surface area contributed by atoms with Gasteiger partial charge in [-0.3, -0.25) is 4.79 Å². The summed E-state index contributed by atoms with van der Waals surface area (Å²) in [5.74, 6) is -0.0915. The summed E-state index contributed by atoms with van der Waals surface area (Å²) >= 11 is 0. The van der Waals surface area contributed by atoms with Crippen LogP contribution < -0.4 is 5.32 Å². The van der Waals surface area contributed by atoms with Crippen molar-refractivity contribution in [3.8, 4) is 0 Å². The molecule has 0 saturated heterocycles. The molecule has 0 aromatic heterocycles. The van der Waals surface area contributed by atoms with Crippen LogP contribution in [0.25, 0.3) is 0 Å². The third-order valence-electron chi connectivity index (χ3n) is 8.60. The number of nitrogens with one attached hydrogen (secondary N) is 1. The molecule has 0 radical (unpaired) electrons. The molecule has 0 aromatic rings. The van der Waals surface area contributed by atoms with Crippen LogP contribution in [-0.2, 0) is 4.79 Å². The Hall–Kier alpha value is -1.39. The van der Waals surface area contributed by atoms with Gasteiger partial charge >= 0.3 is 0 Å². The molecule has 0 aliphatic carbocycles. The smallest absolute Gasteiger partial charge is 0.220 e. The minimum atomic E-state index is -0.865. The molecule has 258 valence electrons. The Morgan fingerprint density at radius 3 is 1.32 bits per heavy atom. The van der Waals surface area contributed by atoms with Gasteiger partial charge in [0.25, 0.3) is 0 Å². The summed E-state index contributed by atoms with van der Waals surface area (Å²) in [5, 5.41) is 22.9. The van der Waals surface area contributed by atoms with Gasteiger partial charge < -0.3 is 15.5 Å². The molecule has 4 nitrogen and oxygen atoms in total. The normalized spacial score (nSPS) is 13.5. The van der Waals surface area contributed by atoms with Gasteiger partial charge in [-0.05, 0) is 57.8 Å². The Morgan fingerprint density at radius 2 is 0.886 bits per heavy atom. The fourth-order valence-corrected chi connectivity index (χ4v) is 5.60. The molecule has 0 spiro atoms. The Labute approximate surface area is 274 Å². The first-order valence-electron chi connectivity index (χ1n) is 19.2. The molecule has 0 aliphatic heterocycles. The fourth-order valence-electron chi connectivity index (χ4n) is 5.60. The molecule has 2 unspecified atom stereocenters. The Morgan fingerprint density at radius 1 is 0.523 bits per heavy atom. The van der Waals surface area contributed by atoms with Crippen molar-refractivity contribution >= 4 is 5.91 Å². The van der Waals surface area contributed by atoms with Crippen LogP contribution in [0.1, 0.15) is 194 Å². The minimum absolute atomic E-state index is 0.0915. The molecule has 44 heavy (non-hydrogen) atoms. The number of hydrogen-bond donors (Lipinski definition) is 3. The van der Waals surface area contributed by atoms with E-state index in [2.05, 4.69) is 43.5 Å². The first-order valence-corrected chi connectivity index (χ1v) is 19.2. The lowest BCUT2D eigenvalue weighted by molar-refractivity contribution is -0.123. The quantitative estimate of drug-likeness (QED) is 0.0497. The van der Waals surface area contributed by atoms with E-state index in [-0.39, 0.29) is 12.5 Å². The summed E-state index contributed by atoms with van der Waals surface area (Å²) < 4.78 is 0. The molecule has 0 aliphatic rings. The van der Waals surface area contributed by atoms with Crippen LogP contribution in [0.5, 0.6) is 0 Å². The standard InChI is InChI=1S/C40H75NO3/c1-3-5-7-9-11-13-15-17-18-19-20-21-22-24-25-27-29-31-33-35-39(43)38(37-42)41-40(44)36-34-32-30-28-26-23-16-14-12-10-8-6-4-2/h23,25-27,33,35,38-39,42-43H,3-22,24,28-32,34,36-37H2,1-2H3,(H,41,44)/b26-23-,27-25+,35-33+. The van der Waals surface area contributed by atoms with Gasteiger partial charge in [0.1, 0.15) is 0 Å². The largest absolute Gasteiger partial charge is 0.394 e. The number of carbonyl (C=O) groups excluding carboxylic acids is 1. The molecule has 4 heteroatoms. The molecular formula is C40H75NO3. The third-order valence-corrected chi connectivity index (χ3v) is 8.60. The Bertz CT molecular complexity index is 672. The summed E-state index contributed by atoms with van der Waals surface area (Å²) in [6.45, 7) is 4.27. The van der Waals surface area contributed by atoms with E-state index in [1.54, 1.807) is 6.08 Å². The molecule has 0 heterocycles. The van der Waals surface area contributed by atoms with Crippen LogP contribution in [0.15, 0.2) is 36.5 Å². The number of unbranched alkanes of at least 4 members (excludes halogenated alkanes) is 23. The first kappa shape index (κ1) is 42.6. The Balaban J connectivity index is 3.67. The van der Waals surface area contributed by atoms with Crippen LogP contribution in [0, 0.1) is 0 Å². The second kappa shape index (κ2) is 36.1. The number of allylic oxidation sites excluding steroid dienone is 5. The molecule has 0 saturated carbocycles. The maximum atomic E-state index is 12.3. The number of hydrogen-bond acceptors (Lipinski definition) is 3. The van der Waals surface area contributed by atoms with Gasteiger partial charge in [-0.15, -0.1) is 0 Å². The van der Waals surface area contributed by atoms with E-state index < -0.39 is 12.1 Å². The van der Waals surface area contributed by atoms with Crippen LogP contribution >= 0.6 is 0 Å². The van der Waals surface area contributed by atoms with E-state index in [9.17, 15) is 15.0 Å². The summed E-state index contributed by atoms with van der Waals surface area (Å²) in [6, 6.07) is -0.644. The van der Waals surface area contributed by atoms with Crippen molar-refractivity contribution in [2.45, 2.75) is 206 Å². The number of aliphatic hydroxyl groups is 2. The molecule has 2 atom stereocenters. The highest BCUT2D eigenvalue weighted by atomic mass is 16.3. The van der Waals surface area contributed by atoms with Crippen molar-refractivity contribution in [2.75, 3.05) is 6.61 Å². The lowest BCUT2D eigenvalue weighted by Crippen LogP contribution is -2.45.